The van der Waals surface area contributed by atoms with Crippen molar-refractivity contribution in [2.24, 2.45) is 0 Å². The predicted molar refractivity (Wildman–Crippen MR) is 57.6 cm³/mol. The number of nitrogens with one attached hydrogen (secondary N) is 1. The molecule has 0 bridgehead atoms. The molecule has 0 atom stereocenters. The zero-order chi connectivity index (χ0) is 12.3. The maximum atomic E-state index is 12.7. The van der Waals surface area contributed by atoms with Crippen molar-refractivity contribution in [3.05, 3.63) is 18.2 Å². The molecule has 1 N–H and O–H groups in total. The molecule has 0 amide bonds. The number of halogens is 2. The smallest absolute Gasteiger partial charge is 0.395 e. The van der Waals surface area contributed by atoms with Gasteiger partial charge in [-0.2, -0.15) is 0 Å². The van der Waals surface area contributed by atoms with Crippen LogP contribution in [0.5, 0.6) is 11.5 Å². The second-order valence-electron chi connectivity index (χ2n) is 3.60. The monoisotopic (exact) mass is 245 g/mol. The number of fused-ring (bicyclic) bond motifs is 1. The van der Waals surface area contributed by atoms with Crippen molar-refractivity contribution in [1.82, 2.24) is 0 Å². The van der Waals surface area contributed by atoms with Crippen LogP contribution >= 0.6 is 0 Å². The first-order valence-corrected chi connectivity index (χ1v) is 5.23. The van der Waals surface area contributed by atoms with Crippen LogP contribution in [0, 0.1) is 0 Å². The van der Waals surface area contributed by atoms with Crippen LogP contribution in [0.25, 0.3) is 0 Å². The van der Waals surface area contributed by atoms with Gasteiger partial charge in [0, 0.05) is 32.0 Å². The van der Waals surface area contributed by atoms with Crippen molar-refractivity contribution in [3.8, 4) is 11.5 Å². The van der Waals surface area contributed by atoms with Crippen LogP contribution in [0.4, 0.5) is 14.5 Å². The van der Waals surface area contributed by atoms with Crippen LogP contribution in [-0.2, 0) is 4.74 Å². The number of benzene rings is 1. The van der Waals surface area contributed by atoms with Crippen molar-refractivity contribution >= 4 is 5.69 Å². The van der Waals surface area contributed by atoms with Crippen molar-refractivity contribution < 1.29 is 23.0 Å². The quantitative estimate of drug-likeness (QED) is 0.809. The summed E-state index contributed by atoms with van der Waals surface area (Å²) in [4.78, 5) is 0. The summed E-state index contributed by atoms with van der Waals surface area (Å²) in [5.74, 6) is 0.101. The lowest BCUT2D eigenvalue weighted by atomic mass is 10.2. The van der Waals surface area contributed by atoms with Gasteiger partial charge in [0.05, 0.1) is 0 Å². The summed E-state index contributed by atoms with van der Waals surface area (Å²) in [5, 5.41) is 3.08. The summed E-state index contributed by atoms with van der Waals surface area (Å²) < 4.78 is 39.0. The van der Waals surface area contributed by atoms with E-state index in [1.807, 2.05) is 0 Å². The van der Waals surface area contributed by atoms with Gasteiger partial charge >= 0.3 is 6.29 Å². The Balaban J connectivity index is 1.94. The summed E-state index contributed by atoms with van der Waals surface area (Å²) in [6, 6.07) is 4.61. The van der Waals surface area contributed by atoms with Crippen molar-refractivity contribution in [3.63, 3.8) is 0 Å². The van der Waals surface area contributed by atoms with E-state index in [-0.39, 0.29) is 11.5 Å². The molecule has 1 heterocycles. The summed E-state index contributed by atoms with van der Waals surface area (Å²) in [6.07, 6.45) is -2.72. The van der Waals surface area contributed by atoms with Crippen LogP contribution in [0.15, 0.2) is 18.2 Å². The molecule has 0 spiro atoms. The van der Waals surface area contributed by atoms with Gasteiger partial charge < -0.3 is 19.5 Å². The van der Waals surface area contributed by atoms with Crippen LogP contribution in [0.3, 0.4) is 0 Å². The molecular formula is C11H13F2NO3. The summed E-state index contributed by atoms with van der Waals surface area (Å²) in [7, 11) is 1.63. The molecule has 0 aliphatic carbocycles. The first-order chi connectivity index (χ1) is 8.11. The molecule has 0 unspecified atom stereocenters. The zero-order valence-electron chi connectivity index (χ0n) is 9.33. The lowest BCUT2D eigenvalue weighted by Crippen LogP contribution is -2.25. The fourth-order valence-corrected chi connectivity index (χ4v) is 1.51. The summed E-state index contributed by atoms with van der Waals surface area (Å²) in [5.41, 5.74) is 0.709. The molecule has 1 aliphatic heterocycles. The molecule has 0 aromatic heterocycles. The van der Waals surface area contributed by atoms with Crippen LogP contribution < -0.4 is 14.8 Å². The molecule has 0 radical (unpaired) electrons. The minimum absolute atomic E-state index is 0.0479. The van der Waals surface area contributed by atoms with Crippen LogP contribution in [-0.4, -0.2) is 26.6 Å². The van der Waals surface area contributed by atoms with Crippen molar-refractivity contribution in [1.29, 1.82) is 0 Å². The van der Waals surface area contributed by atoms with E-state index in [1.54, 1.807) is 13.2 Å². The Bertz CT molecular complexity index is 398. The highest BCUT2D eigenvalue weighted by Crippen LogP contribution is 2.42. The SMILES string of the molecule is COCCCNc1ccc2c(c1)OC(F)(F)O2. The highest BCUT2D eigenvalue weighted by molar-refractivity contribution is 5.55. The standard InChI is InChI=1S/C11H13F2NO3/c1-15-6-2-5-14-8-3-4-9-10(7-8)17-11(12,13)16-9/h3-4,7,14H,2,5-6H2,1H3. The number of alkyl halides is 2. The Hall–Kier alpha value is -1.56. The first kappa shape index (κ1) is 11.9. The highest BCUT2D eigenvalue weighted by Gasteiger charge is 2.43. The fraction of sp³-hybridized carbons (Fsp3) is 0.455. The van der Waals surface area contributed by atoms with Gasteiger partial charge in [0.15, 0.2) is 11.5 Å². The Kier molecular flexibility index (Phi) is 3.33. The van der Waals surface area contributed by atoms with E-state index >= 15 is 0 Å². The molecule has 0 fully saturated rings. The van der Waals surface area contributed by atoms with E-state index in [9.17, 15) is 8.78 Å². The largest absolute Gasteiger partial charge is 0.586 e. The molecule has 1 aliphatic rings. The van der Waals surface area contributed by atoms with Crippen molar-refractivity contribution in [2.45, 2.75) is 12.7 Å². The van der Waals surface area contributed by atoms with Crippen molar-refractivity contribution in [2.75, 3.05) is 25.6 Å². The van der Waals surface area contributed by atoms with Gasteiger partial charge in [-0.15, -0.1) is 8.78 Å². The van der Waals surface area contributed by atoms with E-state index in [0.717, 1.165) is 6.42 Å². The molecule has 17 heavy (non-hydrogen) atoms. The number of anilines is 1. The predicted octanol–water partition coefficient (Wildman–Crippen LogP) is 2.46. The number of hydrogen-bond acceptors (Lipinski definition) is 4. The number of methoxy groups -OCH3 is 1. The minimum atomic E-state index is -3.56. The van der Waals surface area contributed by atoms with Crippen LogP contribution in [0.2, 0.25) is 0 Å². The van der Waals surface area contributed by atoms with Gasteiger partial charge in [0.2, 0.25) is 0 Å². The Morgan fingerprint density at radius 3 is 2.82 bits per heavy atom. The van der Waals surface area contributed by atoms with Crippen LogP contribution in [0.1, 0.15) is 6.42 Å². The molecule has 1 aromatic rings. The third-order valence-corrected chi connectivity index (χ3v) is 2.26. The zero-order valence-corrected chi connectivity index (χ0v) is 9.33. The minimum Gasteiger partial charge on any atom is -0.395 e. The molecule has 94 valence electrons. The second kappa shape index (κ2) is 4.75. The topological polar surface area (TPSA) is 39.7 Å². The maximum Gasteiger partial charge on any atom is 0.586 e. The highest BCUT2D eigenvalue weighted by atomic mass is 19.3. The molecule has 4 nitrogen and oxygen atoms in total. The number of hydrogen-bond donors (Lipinski definition) is 1. The number of ether oxygens (including phenoxy) is 3. The number of rotatable bonds is 5. The molecule has 2 rings (SSSR count). The lowest BCUT2D eigenvalue weighted by Gasteiger charge is -2.06. The van der Waals surface area contributed by atoms with E-state index in [1.165, 1.54) is 12.1 Å². The average Bonchev–Trinajstić information content (AvgIpc) is 2.57. The first-order valence-electron chi connectivity index (χ1n) is 5.23. The second-order valence-corrected chi connectivity index (χ2v) is 3.60. The van der Waals surface area contributed by atoms with Gasteiger partial charge in [-0.05, 0) is 18.6 Å². The Morgan fingerprint density at radius 1 is 1.29 bits per heavy atom. The third kappa shape index (κ3) is 2.97. The summed E-state index contributed by atoms with van der Waals surface area (Å²) >= 11 is 0. The van der Waals surface area contributed by atoms with E-state index < -0.39 is 6.29 Å². The van der Waals surface area contributed by atoms with E-state index in [4.69, 9.17) is 4.74 Å². The molecule has 0 saturated heterocycles. The maximum absolute atomic E-state index is 12.7. The van der Waals surface area contributed by atoms with Gasteiger partial charge in [-0.3, -0.25) is 0 Å². The summed E-state index contributed by atoms with van der Waals surface area (Å²) in [6.45, 7) is 1.35. The molecule has 1 aromatic carbocycles. The lowest BCUT2D eigenvalue weighted by molar-refractivity contribution is -0.286. The van der Waals surface area contributed by atoms with E-state index in [0.29, 0.717) is 18.8 Å². The third-order valence-electron chi connectivity index (χ3n) is 2.26. The van der Waals surface area contributed by atoms with Gasteiger partial charge in [0.25, 0.3) is 0 Å². The van der Waals surface area contributed by atoms with Gasteiger partial charge in [-0.1, -0.05) is 0 Å². The molecular weight excluding hydrogens is 232 g/mol. The average molecular weight is 245 g/mol. The van der Waals surface area contributed by atoms with E-state index in [2.05, 4.69) is 14.8 Å². The van der Waals surface area contributed by atoms with Gasteiger partial charge in [-0.25, -0.2) is 0 Å². The fourth-order valence-electron chi connectivity index (χ4n) is 1.51. The normalized spacial score (nSPS) is 15.9. The Morgan fingerprint density at radius 2 is 2.06 bits per heavy atom. The molecule has 6 heteroatoms. The Labute approximate surface area is 97.5 Å². The molecule has 0 saturated carbocycles. The van der Waals surface area contributed by atoms with Gasteiger partial charge in [0.1, 0.15) is 0 Å².